The summed E-state index contributed by atoms with van der Waals surface area (Å²) in [4.78, 5) is 0. The molecule has 3 heterocycles. The minimum Gasteiger partial charge on any atom is -0.387 e. The molecule has 0 bridgehead atoms. The maximum atomic E-state index is 11.6. The van der Waals surface area contributed by atoms with Crippen LogP contribution >= 0.6 is 0 Å². The fraction of sp³-hybridized carbons (Fsp3) is 1.00. The molecule has 2 spiro atoms. The molecule has 0 aromatic heterocycles. The van der Waals surface area contributed by atoms with E-state index in [9.17, 15) is 13.5 Å². The van der Waals surface area contributed by atoms with Gasteiger partial charge in [0.1, 0.15) is 12.6 Å². The molecule has 0 radical (unpaired) electrons. The summed E-state index contributed by atoms with van der Waals surface area (Å²) in [5, 5.41) is 10.3. The van der Waals surface area contributed by atoms with Gasteiger partial charge < -0.3 is 14.3 Å². The largest absolute Gasteiger partial charge is 0.387 e. The zero-order chi connectivity index (χ0) is 13.6. The van der Waals surface area contributed by atoms with E-state index in [1.54, 1.807) is 0 Å². The van der Waals surface area contributed by atoms with Crippen molar-refractivity contribution in [2.75, 3.05) is 50.9 Å². The normalized spacial score (nSPS) is 36.4. The Bertz CT molecular complexity index is 428. The van der Waals surface area contributed by atoms with Crippen molar-refractivity contribution >= 4 is 9.84 Å². The van der Waals surface area contributed by atoms with E-state index in [1.165, 1.54) is 0 Å². The third kappa shape index (κ3) is 2.82. The van der Waals surface area contributed by atoms with Gasteiger partial charge in [-0.05, 0) is 19.3 Å². The molecule has 5 nitrogen and oxygen atoms in total. The van der Waals surface area contributed by atoms with E-state index in [0.717, 1.165) is 50.0 Å². The Labute approximate surface area is 115 Å². The lowest BCUT2D eigenvalue weighted by Gasteiger charge is -2.53. The second-order valence-electron chi connectivity index (χ2n) is 6.75. The van der Waals surface area contributed by atoms with Gasteiger partial charge in [-0.25, -0.2) is 8.42 Å². The minimum absolute atomic E-state index is 0.178. The van der Waals surface area contributed by atoms with Crippen LogP contribution in [0.3, 0.4) is 0 Å². The molecule has 0 saturated carbocycles. The predicted octanol–water partition coefficient (Wildman–Crippen LogP) is -0.207. The summed E-state index contributed by atoms with van der Waals surface area (Å²) in [6, 6.07) is 0. The maximum absolute atomic E-state index is 11.6. The van der Waals surface area contributed by atoms with Crippen LogP contribution in [-0.2, 0) is 14.6 Å². The Morgan fingerprint density at radius 1 is 1.16 bits per heavy atom. The second-order valence-corrected chi connectivity index (χ2v) is 9.06. The van der Waals surface area contributed by atoms with E-state index in [1.807, 2.05) is 0 Å². The van der Waals surface area contributed by atoms with Crippen LogP contribution in [0, 0.1) is 5.41 Å². The topological polar surface area (TPSA) is 63.6 Å². The van der Waals surface area contributed by atoms with E-state index < -0.39 is 9.84 Å². The molecule has 3 aliphatic heterocycles. The van der Waals surface area contributed by atoms with Gasteiger partial charge in [0.25, 0.3) is 0 Å². The second kappa shape index (κ2) is 4.69. The number of quaternary nitrogens is 1. The lowest BCUT2D eigenvalue weighted by atomic mass is 9.72. The van der Waals surface area contributed by atoms with Crippen molar-refractivity contribution in [2.45, 2.75) is 25.4 Å². The molecular formula is C13H24NO4S+. The fourth-order valence-electron chi connectivity index (χ4n) is 4.24. The number of aliphatic hydroxyl groups excluding tert-OH is 1. The molecule has 0 amide bonds. The van der Waals surface area contributed by atoms with E-state index >= 15 is 0 Å². The first-order valence-corrected chi connectivity index (χ1v) is 9.06. The Hall–Kier alpha value is -0.170. The van der Waals surface area contributed by atoms with Crippen molar-refractivity contribution in [1.82, 2.24) is 0 Å². The van der Waals surface area contributed by atoms with Crippen molar-refractivity contribution in [2.24, 2.45) is 5.41 Å². The zero-order valence-corrected chi connectivity index (χ0v) is 12.2. The van der Waals surface area contributed by atoms with Crippen LogP contribution in [0.15, 0.2) is 0 Å². The standard InChI is InChI=1S/C13H24NO4S/c15-12-9-13(1-5-18-6-2-13)11-14(10-12)3-7-19(16,17)8-4-14/h12,15H,1-11H2/q+1. The first-order chi connectivity index (χ1) is 8.93. The first-order valence-electron chi connectivity index (χ1n) is 7.24. The molecule has 110 valence electrons. The minimum atomic E-state index is -2.84. The summed E-state index contributed by atoms with van der Waals surface area (Å²) in [6.07, 6.45) is 2.60. The molecule has 1 unspecified atom stereocenters. The summed E-state index contributed by atoms with van der Waals surface area (Å²) in [5.41, 5.74) is 0.178. The highest BCUT2D eigenvalue weighted by Gasteiger charge is 2.50. The van der Waals surface area contributed by atoms with Crippen LogP contribution in [0.4, 0.5) is 0 Å². The number of piperidine rings is 1. The fourth-order valence-corrected chi connectivity index (χ4v) is 5.77. The predicted molar refractivity (Wildman–Crippen MR) is 71.5 cm³/mol. The SMILES string of the molecule is O=S1(=O)CC[N+]2(CC1)CC(O)CC1(CCOCC1)C2. The molecule has 0 aromatic carbocycles. The van der Waals surface area contributed by atoms with Crippen molar-refractivity contribution < 1.29 is 22.7 Å². The highest BCUT2D eigenvalue weighted by molar-refractivity contribution is 7.91. The maximum Gasteiger partial charge on any atom is 0.161 e. The van der Waals surface area contributed by atoms with Crippen molar-refractivity contribution in [3.05, 3.63) is 0 Å². The Morgan fingerprint density at radius 2 is 1.79 bits per heavy atom. The van der Waals surface area contributed by atoms with E-state index in [2.05, 4.69) is 0 Å². The Kier molecular flexibility index (Phi) is 3.40. The molecule has 1 N–H and O–H groups in total. The van der Waals surface area contributed by atoms with Crippen molar-refractivity contribution in [3.63, 3.8) is 0 Å². The van der Waals surface area contributed by atoms with Crippen LogP contribution in [0.5, 0.6) is 0 Å². The lowest BCUT2D eigenvalue weighted by Crippen LogP contribution is -2.67. The average molecular weight is 290 g/mol. The Balaban J connectivity index is 1.79. The molecule has 3 saturated heterocycles. The summed E-state index contributed by atoms with van der Waals surface area (Å²) >= 11 is 0. The van der Waals surface area contributed by atoms with Crippen molar-refractivity contribution in [3.8, 4) is 0 Å². The quantitative estimate of drug-likeness (QED) is 0.627. The van der Waals surface area contributed by atoms with Gasteiger partial charge in [-0.2, -0.15) is 0 Å². The zero-order valence-electron chi connectivity index (χ0n) is 11.4. The van der Waals surface area contributed by atoms with E-state index in [-0.39, 0.29) is 23.0 Å². The van der Waals surface area contributed by atoms with Gasteiger partial charge in [-0.1, -0.05) is 0 Å². The molecule has 0 aromatic rings. The van der Waals surface area contributed by atoms with Gasteiger partial charge >= 0.3 is 0 Å². The van der Waals surface area contributed by atoms with Crippen LogP contribution in [0.1, 0.15) is 19.3 Å². The van der Waals surface area contributed by atoms with Gasteiger partial charge in [-0.15, -0.1) is 0 Å². The highest BCUT2D eigenvalue weighted by atomic mass is 32.2. The molecule has 3 aliphatic rings. The number of sulfone groups is 1. The van der Waals surface area contributed by atoms with Gasteiger partial charge in [0.15, 0.2) is 9.84 Å². The smallest absolute Gasteiger partial charge is 0.161 e. The van der Waals surface area contributed by atoms with Gasteiger partial charge in [0, 0.05) is 18.6 Å². The first kappa shape index (κ1) is 13.8. The van der Waals surface area contributed by atoms with Gasteiger partial charge in [0.2, 0.25) is 0 Å². The van der Waals surface area contributed by atoms with Gasteiger partial charge in [0.05, 0.1) is 31.1 Å². The molecule has 6 heteroatoms. The number of aliphatic hydroxyl groups is 1. The van der Waals surface area contributed by atoms with Crippen LogP contribution < -0.4 is 0 Å². The monoisotopic (exact) mass is 290 g/mol. The van der Waals surface area contributed by atoms with Crippen LogP contribution in [0.2, 0.25) is 0 Å². The molecule has 19 heavy (non-hydrogen) atoms. The number of hydrogen-bond acceptors (Lipinski definition) is 4. The summed E-state index contributed by atoms with van der Waals surface area (Å²) in [7, 11) is -2.84. The number of hydrogen-bond donors (Lipinski definition) is 1. The lowest BCUT2D eigenvalue weighted by molar-refractivity contribution is -0.940. The average Bonchev–Trinajstić information content (AvgIpc) is 2.34. The molecular weight excluding hydrogens is 266 g/mol. The molecule has 3 fully saturated rings. The van der Waals surface area contributed by atoms with E-state index in [4.69, 9.17) is 4.74 Å². The highest BCUT2D eigenvalue weighted by Crippen LogP contribution is 2.42. The Morgan fingerprint density at radius 3 is 2.42 bits per heavy atom. The summed E-state index contributed by atoms with van der Waals surface area (Å²) in [5.74, 6) is 0.568. The van der Waals surface area contributed by atoms with E-state index in [0.29, 0.717) is 13.1 Å². The number of nitrogens with zero attached hydrogens (tertiary/aromatic N) is 1. The summed E-state index contributed by atoms with van der Waals surface area (Å²) in [6.45, 7) is 4.70. The van der Waals surface area contributed by atoms with Gasteiger partial charge in [-0.3, -0.25) is 0 Å². The summed E-state index contributed by atoms with van der Waals surface area (Å²) < 4.78 is 29.5. The third-order valence-electron chi connectivity index (χ3n) is 5.24. The van der Waals surface area contributed by atoms with Crippen LogP contribution in [0.25, 0.3) is 0 Å². The molecule has 0 aliphatic carbocycles. The molecule has 3 rings (SSSR count). The third-order valence-corrected chi connectivity index (χ3v) is 6.85. The van der Waals surface area contributed by atoms with Crippen molar-refractivity contribution in [1.29, 1.82) is 0 Å². The number of ether oxygens (including phenoxy) is 1. The number of rotatable bonds is 0. The van der Waals surface area contributed by atoms with Crippen LogP contribution in [-0.4, -0.2) is 75.0 Å². The molecule has 1 atom stereocenters.